The van der Waals surface area contributed by atoms with Gasteiger partial charge in [-0.05, 0) is 42.9 Å². The van der Waals surface area contributed by atoms with Crippen molar-refractivity contribution >= 4 is 29.6 Å². The second-order valence-corrected chi connectivity index (χ2v) is 7.78. The molecule has 0 aromatic carbocycles. The molecule has 0 amide bonds. The number of halogens is 5. The van der Waals surface area contributed by atoms with E-state index in [1.165, 1.54) is 17.9 Å². The summed E-state index contributed by atoms with van der Waals surface area (Å²) in [6.07, 6.45) is -2.04. The van der Waals surface area contributed by atoms with Crippen molar-refractivity contribution in [3.63, 3.8) is 0 Å². The molecule has 2 fully saturated rings. The molecule has 1 saturated heterocycles. The second-order valence-electron chi connectivity index (χ2n) is 7.78. The van der Waals surface area contributed by atoms with Crippen LogP contribution >= 0.6 is 12.4 Å². The lowest BCUT2D eigenvalue weighted by atomic mass is 10.0. The summed E-state index contributed by atoms with van der Waals surface area (Å²) < 4.78 is 55.5. The van der Waals surface area contributed by atoms with E-state index in [9.17, 15) is 32.3 Å². The molecule has 30 heavy (non-hydrogen) atoms. The van der Waals surface area contributed by atoms with Gasteiger partial charge in [-0.1, -0.05) is 0 Å². The van der Waals surface area contributed by atoms with E-state index in [1.807, 2.05) is 0 Å². The van der Waals surface area contributed by atoms with Gasteiger partial charge in [-0.15, -0.1) is 12.4 Å². The number of aryl methyl sites for hydroxylation is 1. The van der Waals surface area contributed by atoms with Gasteiger partial charge in [0.2, 0.25) is 0 Å². The molecule has 164 valence electrons. The van der Waals surface area contributed by atoms with Gasteiger partial charge in [-0.3, -0.25) is 9.20 Å². The van der Waals surface area contributed by atoms with Crippen LogP contribution in [0.1, 0.15) is 40.2 Å². The summed E-state index contributed by atoms with van der Waals surface area (Å²) in [5, 5.41) is 9.32. The zero-order valence-electron chi connectivity index (χ0n) is 15.9. The third kappa shape index (κ3) is 3.51. The van der Waals surface area contributed by atoms with Crippen molar-refractivity contribution in [2.45, 2.75) is 37.9 Å². The Balaban J connectivity index is 0.00000256. The highest BCUT2D eigenvalue weighted by molar-refractivity contribution is 5.89. The summed E-state index contributed by atoms with van der Waals surface area (Å²) in [6.45, 7) is 0.884. The molecule has 2 aromatic heterocycles. The second kappa shape index (κ2) is 7.42. The van der Waals surface area contributed by atoms with Gasteiger partial charge in [0.25, 0.3) is 5.56 Å². The Hall–Kier alpha value is -2.33. The standard InChI is InChI=1S/C19H19F4N3O3.ClH/c1-8-15-10(9-2-3-9)4-11(18(28)29)17(27)26(15)6-13(20)16(8)25-5-12(14(24)7-25)19(21,22)23;/h4,6,9,12,14H,2-3,5,7,24H2,1H3,(H,28,29);1H/t12-,14-;/m1./s1. The monoisotopic (exact) mass is 449 g/mol. The number of hydrogen-bond acceptors (Lipinski definition) is 4. The fraction of sp³-hybridized carbons (Fsp3) is 0.474. The van der Waals surface area contributed by atoms with E-state index in [4.69, 9.17) is 5.73 Å². The zero-order chi connectivity index (χ0) is 21.2. The molecular formula is C19H20ClF4N3O3. The smallest absolute Gasteiger partial charge is 0.395 e. The van der Waals surface area contributed by atoms with Crippen LogP contribution in [0.15, 0.2) is 17.1 Å². The van der Waals surface area contributed by atoms with Gasteiger partial charge < -0.3 is 15.7 Å². The van der Waals surface area contributed by atoms with Crippen LogP contribution in [0.3, 0.4) is 0 Å². The number of fused-ring (bicyclic) bond motifs is 1. The highest BCUT2D eigenvalue weighted by Gasteiger charge is 2.49. The zero-order valence-corrected chi connectivity index (χ0v) is 16.7. The van der Waals surface area contributed by atoms with Crippen LogP contribution in [0.4, 0.5) is 23.2 Å². The fourth-order valence-electron chi connectivity index (χ4n) is 4.25. The lowest BCUT2D eigenvalue weighted by molar-refractivity contribution is -0.171. The van der Waals surface area contributed by atoms with E-state index >= 15 is 0 Å². The number of hydrogen-bond donors (Lipinski definition) is 2. The Kier molecular flexibility index (Phi) is 5.53. The predicted octanol–water partition coefficient (Wildman–Crippen LogP) is 3.07. The number of anilines is 1. The maximum absolute atomic E-state index is 15.0. The van der Waals surface area contributed by atoms with E-state index in [1.54, 1.807) is 0 Å². The maximum Gasteiger partial charge on any atom is 0.395 e. The Morgan fingerprint density at radius 3 is 2.40 bits per heavy atom. The molecule has 3 N–H and O–H groups in total. The van der Waals surface area contributed by atoms with Gasteiger partial charge in [-0.2, -0.15) is 13.2 Å². The van der Waals surface area contributed by atoms with Gasteiger partial charge in [0.05, 0.1) is 23.3 Å². The summed E-state index contributed by atoms with van der Waals surface area (Å²) in [5.74, 6) is -4.05. The molecule has 0 spiro atoms. The van der Waals surface area contributed by atoms with Crippen molar-refractivity contribution in [3.05, 3.63) is 45.1 Å². The maximum atomic E-state index is 15.0. The van der Waals surface area contributed by atoms with Crippen molar-refractivity contribution in [2.24, 2.45) is 11.7 Å². The summed E-state index contributed by atoms with van der Waals surface area (Å²) >= 11 is 0. The molecule has 1 aliphatic carbocycles. The van der Waals surface area contributed by atoms with Gasteiger partial charge in [0.15, 0.2) is 5.82 Å². The Morgan fingerprint density at radius 2 is 1.90 bits per heavy atom. The molecule has 0 radical (unpaired) electrons. The van der Waals surface area contributed by atoms with E-state index in [-0.39, 0.29) is 30.6 Å². The van der Waals surface area contributed by atoms with E-state index in [0.717, 1.165) is 23.4 Å². The number of nitrogens with two attached hydrogens (primary N) is 1. The van der Waals surface area contributed by atoms with E-state index < -0.39 is 47.6 Å². The molecule has 1 saturated carbocycles. The van der Waals surface area contributed by atoms with Crippen molar-refractivity contribution < 1.29 is 27.5 Å². The molecule has 11 heteroatoms. The number of aromatic carboxylic acids is 1. The summed E-state index contributed by atoms with van der Waals surface area (Å²) in [7, 11) is 0. The van der Waals surface area contributed by atoms with Gasteiger partial charge in [0.1, 0.15) is 5.56 Å². The summed E-state index contributed by atoms with van der Waals surface area (Å²) in [5.41, 5.74) is 5.54. The van der Waals surface area contributed by atoms with E-state index in [0.29, 0.717) is 16.6 Å². The molecule has 6 nitrogen and oxygen atoms in total. The molecule has 0 bridgehead atoms. The molecular weight excluding hydrogens is 430 g/mol. The number of carboxylic acids is 1. The predicted molar refractivity (Wildman–Crippen MR) is 104 cm³/mol. The van der Waals surface area contributed by atoms with Crippen LogP contribution in [0, 0.1) is 18.7 Å². The van der Waals surface area contributed by atoms with Crippen molar-refractivity contribution in [3.8, 4) is 0 Å². The number of aromatic nitrogens is 1. The minimum absolute atomic E-state index is 0. The number of alkyl halides is 3. The van der Waals surface area contributed by atoms with Crippen LogP contribution in [0.2, 0.25) is 0 Å². The van der Waals surface area contributed by atoms with E-state index in [2.05, 4.69) is 0 Å². The number of carboxylic acid groups (broad SMARTS) is 1. The van der Waals surface area contributed by atoms with Crippen molar-refractivity contribution in [2.75, 3.05) is 18.0 Å². The van der Waals surface area contributed by atoms with Crippen molar-refractivity contribution in [1.29, 1.82) is 0 Å². The molecule has 4 rings (SSSR count). The first-order valence-corrected chi connectivity index (χ1v) is 9.19. The first kappa shape index (κ1) is 22.4. The third-order valence-corrected chi connectivity index (χ3v) is 5.79. The Morgan fingerprint density at radius 1 is 1.27 bits per heavy atom. The SMILES string of the molecule is Cc1c(N2C[C@@H](N)[C@H](C(F)(F)F)C2)c(F)cn2c(=O)c(C(=O)O)cc(C3CC3)c12.Cl. The Bertz CT molecular complexity index is 1080. The molecule has 2 atom stereocenters. The molecule has 1 aliphatic heterocycles. The van der Waals surface area contributed by atoms with Gasteiger partial charge in [-0.25, -0.2) is 9.18 Å². The topological polar surface area (TPSA) is 88.0 Å². The first-order valence-electron chi connectivity index (χ1n) is 9.19. The van der Waals surface area contributed by atoms with Crippen LogP contribution in [-0.2, 0) is 0 Å². The summed E-state index contributed by atoms with van der Waals surface area (Å²) in [6, 6.07) is 0.116. The number of nitrogens with zero attached hydrogens (tertiary/aromatic N) is 2. The number of rotatable bonds is 3. The Labute approximate surface area is 174 Å². The minimum atomic E-state index is -4.50. The molecule has 3 heterocycles. The average molecular weight is 450 g/mol. The lowest BCUT2D eigenvalue weighted by Gasteiger charge is -2.24. The van der Waals surface area contributed by atoms with Crippen molar-refractivity contribution in [1.82, 2.24) is 4.40 Å². The highest BCUT2D eigenvalue weighted by atomic mass is 35.5. The minimum Gasteiger partial charge on any atom is -0.477 e. The largest absolute Gasteiger partial charge is 0.477 e. The van der Waals surface area contributed by atoms with Crippen LogP contribution in [-0.4, -0.2) is 40.8 Å². The lowest BCUT2D eigenvalue weighted by Crippen LogP contribution is -2.38. The number of pyridine rings is 2. The van der Waals surface area contributed by atoms with Gasteiger partial charge >= 0.3 is 12.1 Å². The highest BCUT2D eigenvalue weighted by Crippen LogP contribution is 2.44. The quantitative estimate of drug-likeness (QED) is 0.703. The fourth-order valence-corrected chi connectivity index (χ4v) is 4.25. The third-order valence-electron chi connectivity index (χ3n) is 5.79. The van der Waals surface area contributed by atoms with Crippen LogP contribution in [0.25, 0.3) is 5.52 Å². The summed E-state index contributed by atoms with van der Waals surface area (Å²) in [4.78, 5) is 25.3. The number of carbonyl (C=O) groups is 1. The van der Waals surface area contributed by atoms with Gasteiger partial charge in [0, 0.05) is 19.1 Å². The molecule has 2 aliphatic rings. The van der Waals surface area contributed by atoms with Crippen LogP contribution in [0.5, 0.6) is 0 Å². The molecule has 2 aromatic rings. The average Bonchev–Trinajstić information content (AvgIpc) is 3.37. The molecule has 0 unspecified atom stereocenters. The normalized spacial score (nSPS) is 21.7. The van der Waals surface area contributed by atoms with Crippen LogP contribution < -0.4 is 16.2 Å². The first-order chi connectivity index (χ1) is 13.5.